The van der Waals surface area contributed by atoms with E-state index in [1.54, 1.807) is 12.4 Å². The van der Waals surface area contributed by atoms with Gasteiger partial charge in [0.25, 0.3) is 0 Å². The molecule has 4 heteroatoms. The first-order valence-electron chi connectivity index (χ1n) is 6.29. The van der Waals surface area contributed by atoms with Gasteiger partial charge in [-0.1, -0.05) is 28.1 Å². The smallest absolute Gasteiger partial charge is 0.0914 e. The SMILES string of the molecule is OC(CNCCc1ccncc1)c1cccc(Br)c1. The van der Waals surface area contributed by atoms with Gasteiger partial charge in [0.1, 0.15) is 0 Å². The van der Waals surface area contributed by atoms with E-state index < -0.39 is 6.10 Å². The highest BCUT2D eigenvalue weighted by atomic mass is 79.9. The van der Waals surface area contributed by atoms with Crippen molar-refractivity contribution in [1.82, 2.24) is 10.3 Å². The average molecular weight is 321 g/mol. The van der Waals surface area contributed by atoms with Crippen LogP contribution in [0.4, 0.5) is 0 Å². The highest BCUT2D eigenvalue weighted by molar-refractivity contribution is 9.10. The maximum atomic E-state index is 10.0. The zero-order chi connectivity index (χ0) is 13.5. The molecule has 0 fully saturated rings. The van der Waals surface area contributed by atoms with E-state index in [9.17, 15) is 5.11 Å². The number of nitrogens with zero attached hydrogens (tertiary/aromatic N) is 1. The largest absolute Gasteiger partial charge is 0.387 e. The molecule has 0 radical (unpaired) electrons. The van der Waals surface area contributed by atoms with Crippen LogP contribution in [-0.4, -0.2) is 23.2 Å². The molecule has 1 atom stereocenters. The van der Waals surface area contributed by atoms with Crippen LogP contribution in [0.15, 0.2) is 53.3 Å². The minimum absolute atomic E-state index is 0.477. The van der Waals surface area contributed by atoms with Gasteiger partial charge in [-0.25, -0.2) is 0 Å². The molecular weight excluding hydrogens is 304 g/mol. The third-order valence-corrected chi connectivity index (χ3v) is 3.40. The van der Waals surface area contributed by atoms with E-state index in [1.165, 1.54) is 5.56 Å². The third-order valence-electron chi connectivity index (χ3n) is 2.91. The van der Waals surface area contributed by atoms with E-state index in [4.69, 9.17) is 0 Å². The van der Waals surface area contributed by atoms with E-state index in [0.717, 1.165) is 23.0 Å². The van der Waals surface area contributed by atoms with Gasteiger partial charge in [-0.15, -0.1) is 0 Å². The molecule has 19 heavy (non-hydrogen) atoms. The summed E-state index contributed by atoms with van der Waals surface area (Å²) in [5.74, 6) is 0. The lowest BCUT2D eigenvalue weighted by Gasteiger charge is -2.12. The van der Waals surface area contributed by atoms with Crippen molar-refractivity contribution in [3.05, 3.63) is 64.4 Å². The molecule has 0 bridgehead atoms. The second kappa shape index (κ2) is 7.38. The van der Waals surface area contributed by atoms with Crippen LogP contribution < -0.4 is 5.32 Å². The van der Waals surface area contributed by atoms with Crippen LogP contribution in [0.3, 0.4) is 0 Å². The summed E-state index contributed by atoms with van der Waals surface area (Å²) < 4.78 is 0.987. The van der Waals surface area contributed by atoms with Gasteiger partial charge in [0, 0.05) is 23.4 Å². The number of aliphatic hydroxyl groups is 1. The second-order valence-electron chi connectivity index (χ2n) is 4.38. The maximum absolute atomic E-state index is 10.0. The zero-order valence-corrected chi connectivity index (χ0v) is 12.2. The van der Waals surface area contributed by atoms with Crippen molar-refractivity contribution >= 4 is 15.9 Å². The minimum atomic E-state index is -0.477. The Morgan fingerprint density at radius 2 is 2.00 bits per heavy atom. The molecule has 3 nitrogen and oxygen atoms in total. The van der Waals surface area contributed by atoms with Crippen molar-refractivity contribution in [3.63, 3.8) is 0 Å². The first-order chi connectivity index (χ1) is 9.25. The molecular formula is C15H17BrN2O. The Morgan fingerprint density at radius 3 is 2.74 bits per heavy atom. The molecule has 2 N–H and O–H groups in total. The molecule has 0 spiro atoms. The molecule has 1 heterocycles. The number of aromatic nitrogens is 1. The summed E-state index contributed by atoms with van der Waals surface area (Å²) in [6, 6.07) is 11.8. The van der Waals surface area contributed by atoms with Gasteiger partial charge in [-0.05, 0) is 48.4 Å². The quantitative estimate of drug-likeness (QED) is 0.804. The van der Waals surface area contributed by atoms with Crippen LogP contribution in [0.5, 0.6) is 0 Å². The molecule has 1 aromatic heterocycles. The number of aliphatic hydroxyl groups excluding tert-OH is 1. The van der Waals surface area contributed by atoms with E-state index in [2.05, 4.69) is 26.2 Å². The normalized spacial score (nSPS) is 12.3. The summed E-state index contributed by atoms with van der Waals surface area (Å²) in [5.41, 5.74) is 2.17. The lowest BCUT2D eigenvalue weighted by atomic mass is 10.1. The lowest BCUT2D eigenvalue weighted by molar-refractivity contribution is 0.175. The summed E-state index contributed by atoms with van der Waals surface area (Å²) in [6.45, 7) is 1.40. The summed E-state index contributed by atoms with van der Waals surface area (Å²) in [6.07, 6.45) is 4.06. The molecule has 0 amide bonds. The van der Waals surface area contributed by atoms with Crippen molar-refractivity contribution in [2.24, 2.45) is 0 Å². The fourth-order valence-electron chi connectivity index (χ4n) is 1.85. The highest BCUT2D eigenvalue weighted by Crippen LogP contribution is 2.17. The average Bonchev–Trinajstić information content (AvgIpc) is 2.44. The summed E-state index contributed by atoms with van der Waals surface area (Å²) in [7, 11) is 0. The van der Waals surface area contributed by atoms with Crippen LogP contribution >= 0.6 is 15.9 Å². The fraction of sp³-hybridized carbons (Fsp3) is 0.267. The highest BCUT2D eigenvalue weighted by Gasteiger charge is 2.06. The Kier molecular flexibility index (Phi) is 5.51. The summed E-state index contributed by atoms with van der Waals surface area (Å²) in [5, 5.41) is 13.3. The van der Waals surface area contributed by atoms with Crippen LogP contribution in [0, 0.1) is 0 Å². The molecule has 1 unspecified atom stereocenters. The lowest BCUT2D eigenvalue weighted by Crippen LogP contribution is -2.23. The van der Waals surface area contributed by atoms with Crippen molar-refractivity contribution in [2.75, 3.05) is 13.1 Å². The number of hydrogen-bond acceptors (Lipinski definition) is 3. The van der Waals surface area contributed by atoms with Gasteiger partial charge in [-0.3, -0.25) is 4.98 Å². The molecule has 0 saturated carbocycles. The number of rotatable bonds is 6. The van der Waals surface area contributed by atoms with Crippen molar-refractivity contribution in [2.45, 2.75) is 12.5 Å². The number of pyridine rings is 1. The Labute approximate surface area is 121 Å². The number of halogens is 1. The van der Waals surface area contributed by atoms with Crippen LogP contribution in [0.25, 0.3) is 0 Å². The number of benzene rings is 1. The van der Waals surface area contributed by atoms with Crippen LogP contribution in [-0.2, 0) is 6.42 Å². The Bertz CT molecular complexity index is 505. The molecule has 0 saturated heterocycles. The van der Waals surface area contributed by atoms with E-state index in [0.29, 0.717) is 6.54 Å². The van der Waals surface area contributed by atoms with Gasteiger partial charge in [0.15, 0.2) is 0 Å². The topological polar surface area (TPSA) is 45.1 Å². The van der Waals surface area contributed by atoms with Crippen LogP contribution in [0.1, 0.15) is 17.2 Å². The van der Waals surface area contributed by atoms with E-state index in [-0.39, 0.29) is 0 Å². The third kappa shape index (κ3) is 4.74. The number of nitrogens with one attached hydrogen (secondary N) is 1. The molecule has 1 aromatic carbocycles. The van der Waals surface area contributed by atoms with Crippen molar-refractivity contribution in [3.8, 4) is 0 Å². The predicted octanol–water partition coefficient (Wildman–Crippen LogP) is 2.71. The Morgan fingerprint density at radius 1 is 1.21 bits per heavy atom. The molecule has 2 aromatic rings. The number of hydrogen-bond donors (Lipinski definition) is 2. The monoisotopic (exact) mass is 320 g/mol. The molecule has 100 valence electrons. The maximum Gasteiger partial charge on any atom is 0.0914 e. The van der Waals surface area contributed by atoms with E-state index >= 15 is 0 Å². The standard InChI is InChI=1S/C15H17BrN2O/c16-14-3-1-2-13(10-14)15(19)11-18-9-6-12-4-7-17-8-5-12/h1-5,7-8,10,15,18-19H,6,9,11H2. The summed E-state index contributed by atoms with van der Waals surface area (Å²) in [4.78, 5) is 3.98. The Hall–Kier alpha value is -1.23. The second-order valence-corrected chi connectivity index (χ2v) is 5.30. The first-order valence-corrected chi connectivity index (χ1v) is 7.08. The van der Waals surface area contributed by atoms with Crippen LogP contribution in [0.2, 0.25) is 0 Å². The van der Waals surface area contributed by atoms with Gasteiger partial charge < -0.3 is 10.4 Å². The summed E-state index contributed by atoms with van der Waals surface area (Å²) >= 11 is 3.41. The fourth-order valence-corrected chi connectivity index (χ4v) is 2.27. The van der Waals surface area contributed by atoms with Gasteiger partial charge in [-0.2, -0.15) is 0 Å². The molecule has 0 aliphatic rings. The minimum Gasteiger partial charge on any atom is -0.387 e. The zero-order valence-electron chi connectivity index (χ0n) is 10.6. The van der Waals surface area contributed by atoms with Crippen molar-refractivity contribution in [1.29, 1.82) is 0 Å². The first kappa shape index (κ1) is 14.2. The molecule has 2 rings (SSSR count). The molecule has 0 aliphatic carbocycles. The van der Waals surface area contributed by atoms with Crippen molar-refractivity contribution < 1.29 is 5.11 Å². The Balaban J connectivity index is 1.74. The predicted molar refractivity (Wildman–Crippen MR) is 79.9 cm³/mol. The van der Waals surface area contributed by atoms with Gasteiger partial charge >= 0.3 is 0 Å². The van der Waals surface area contributed by atoms with Gasteiger partial charge in [0.05, 0.1) is 6.10 Å². The molecule has 0 aliphatic heterocycles. The van der Waals surface area contributed by atoms with Gasteiger partial charge in [0.2, 0.25) is 0 Å². The van der Waals surface area contributed by atoms with E-state index in [1.807, 2.05) is 36.4 Å².